The second-order valence-corrected chi connectivity index (χ2v) is 13.9. The lowest BCUT2D eigenvalue weighted by molar-refractivity contribution is -0.128. The number of benzene rings is 1. The lowest BCUT2D eigenvalue weighted by atomic mass is 10.0. The second-order valence-electron chi connectivity index (χ2n) is 13.9. The number of likely N-dealkylation sites (N-methyl/N-ethyl adjacent to an activating group) is 1. The molecule has 0 N–H and O–H groups in total. The van der Waals surface area contributed by atoms with Crippen molar-refractivity contribution in [2.45, 2.75) is 58.5 Å². The Morgan fingerprint density at radius 3 is 2.50 bits per heavy atom. The van der Waals surface area contributed by atoms with Crippen LogP contribution in [0.5, 0.6) is 0 Å². The first-order valence-electron chi connectivity index (χ1n) is 17.0. The number of hydrogen-bond donors (Lipinski definition) is 0. The maximum absolute atomic E-state index is 16.7. The van der Waals surface area contributed by atoms with E-state index >= 15 is 8.78 Å². The number of rotatable bonds is 5. The van der Waals surface area contributed by atoms with Gasteiger partial charge in [0.15, 0.2) is 11.5 Å². The van der Waals surface area contributed by atoms with E-state index in [0.717, 1.165) is 12.8 Å². The van der Waals surface area contributed by atoms with Crippen LogP contribution in [0, 0.1) is 17.6 Å². The summed E-state index contributed by atoms with van der Waals surface area (Å²) >= 11 is 0. The Bertz CT molecular complexity index is 2110. The number of piperazine rings is 1. The Morgan fingerprint density at radius 1 is 1.04 bits per heavy atom. The standard InChI is InChI=1S/C37H40F2N8O3/c1-7-29(48)44-16-22(5)45(17-21(44)4)35-24-15-26(39)33-31-25(38)9-8-10-27(31)46(18-23-11-12-23)30(49)19-43(6)28-13-14-40-32(20(2)3)34(28)47(36(24)41-33)37(50)42-35/h7-10,13-15,20-23H,1,11-12,16-19H2,2-6H3/t21-,22+/m1/s1. The van der Waals surface area contributed by atoms with Crippen LogP contribution in [0.2, 0.25) is 0 Å². The molecular weight excluding hydrogens is 642 g/mol. The van der Waals surface area contributed by atoms with E-state index < -0.39 is 17.3 Å². The van der Waals surface area contributed by atoms with Crippen LogP contribution in [0.25, 0.3) is 28.0 Å². The number of carbonyl (C=O) groups excluding carboxylic acids is 2. The van der Waals surface area contributed by atoms with Crippen LogP contribution in [-0.4, -0.2) is 81.5 Å². The summed E-state index contributed by atoms with van der Waals surface area (Å²) < 4.78 is 34.1. The van der Waals surface area contributed by atoms with Crippen LogP contribution in [-0.2, 0) is 9.59 Å². The molecule has 0 spiro atoms. The van der Waals surface area contributed by atoms with Gasteiger partial charge < -0.3 is 19.6 Å². The van der Waals surface area contributed by atoms with E-state index in [4.69, 9.17) is 4.98 Å². The third-order valence-electron chi connectivity index (χ3n) is 9.96. The van der Waals surface area contributed by atoms with Gasteiger partial charge in [-0.3, -0.25) is 14.6 Å². The molecule has 3 aliphatic rings. The average Bonchev–Trinajstić information content (AvgIpc) is 3.91. The van der Waals surface area contributed by atoms with Crippen molar-refractivity contribution in [1.82, 2.24) is 24.4 Å². The van der Waals surface area contributed by atoms with Crippen molar-refractivity contribution in [3.8, 4) is 16.9 Å². The van der Waals surface area contributed by atoms with Gasteiger partial charge in [0.1, 0.15) is 17.3 Å². The molecule has 4 aromatic rings. The van der Waals surface area contributed by atoms with Crippen LogP contribution in [0.3, 0.4) is 0 Å². The zero-order valence-corrected chi connectivity index (χ0v) is 28.9. The zero-order chi connectivity index (χ0) is 35.6. The van der Waals surface area contributed by atoms with Gasteiger partial charge >= 0.3 is 5.69 Å². The van der Waals surface area contributed by atoms with Crippen LogP contribution >= 0.6 is 0 Å². The fourth-order valence-corrected chi connectivity index (χ4v) is 7.21. The molecule has 50 heavy (non-hydrogen) atoms. The molecule has 2 bridgehead atoms. The molecular formula is C37H40F2N8O3. The molecule has 13 heteroatoms. The third kappa shape index (κ3) is 5.58. The topological polar surface area (TPSA) is 108 Å². The van der Waals surface area contributed by atoms with Gasteiger partial charge in [-0.05, 0) is 68.9 Å². The Labute approximate surface area is 288 Å². The summed E-state index contributed by atoms with van der Waals surface area (Å²) in [5.41, 5.74) is 0.556. The Hall–Kier alpha value is -5.20. The van der Waals surface area contributed by atoms with Crippen molar-refractivity contribution in [3.63, 3.8) is 0 Å². The number of amides is 2. The molecule has 1 aromatic carbocycles. The molecule has 3 aromatic heterocycles. The molecule has 11 nitrogen and oxygen atoms in total. The highest BCUT2D eigenvalue weighted by molar-refractivity contribution is 6.01. The van der Waals surface area contributed by atoms with Gasteiger partial charge in [-0.2, -0.15) is 4.98 Å². The summed E-state index contributed by atoms with van der Waals surface area (Å²) in [6, 6.07) is 6.74. The number of aromatic nitrogens is 4. The average molecular weight is 683 g/mol. The Balaban J connectivity index is 1.57. The first-order chi connectivity index (χ1) is 23.9. The third-order valence-corrected chi connectivity index (χ3v) is 9.96. The van der Waals surface area contributed by atoms with Gasteiger partial charge in [-0.15, -0.1) is 0 Å². The molecule has 2 amide bonds. The quantitative estimate of drug-likeness (QED) is 0.270. The number of fused-ring (bicyclic) bond motifs is 5. The van der Waals surface area contributed by atoms with Crippen molar-refractivity contribution < 1.29 is 18.4 Å². The predicted octanol–water partition coefficient (Wildman–Crippen LogP) is 5.05. The largest absolute Gasteiger partial charge is 0.363 e. The van der Waals surface area contributed by atoms with Crippen molar-refractivity contribution >= 4 is 40.0 Å². The van der Waals surface area contributed by atoms with E-state index in [1.807, 2.05) is 32.6 Å². The monoisotopic (exact) mass is 682 g/mol. The maximum atomic E-state index is 16.7. The van der Waals surface area contributed by atoms with Crippen LogP contribution in [0.4, 0.5) is 26.0 Å². The first kappa shape index (κ1) is 33.3. The molecule has 260 valence electrons. The second kappa shape index (κ2) is 12.6. The minimum absolute atomic E-state index is 0.0697. The van der Waals surface area contributed by atoms with E-state index in [9.17, 15) is 14.4 Å². The van der Waals surface area contributed by atoms with Gasteiger partial charge in [0.25, 0.3) is 0 Å². The normalized spacial score (nSPS) is 19.4. The van der Waals surface area contributed by atoms with E-state index in [1.165, 1.54) is 28.8 Å². The van der Waals surface area contributed by atoms with E-state index in [1.54, 1.807) is 40.1 Å². The molecule has 1 aliphatic carbocycles. The SMILES string of the molecule is C=CC(=O)N1C[C@H](C)N(c2nc(=O)n3c4nc(c(F)cc24)-c2c(F)cccc2N(CC2CC2)C(=O)CN(C)c2ccnc(C(C)C)c2-3)C[C@H]1C. The van der Waals surface area contributed by atoms with Gasteiger partial charge in [0.2, 0.25) is 11.8 Å². The molecule has 5 heterocycles. The van der Waals surface area contributed by atoms with Crippen molar-refractivity contribution in [2.75, 3.05) is 47.9 Å². The molecule has 1 saturated carbocycles. The van der Waals surface area contributed by atoms with Gasteiger partial charge in [-0.1, -0.05) is 26.5 Å². The number of pyridine rings is 2. The van der Waals surface area contributed by atoms with E-state index in [-0.39, 0.29) is 76.1 Å². The molecule has 0 radical (unpaired) electrons. The zero-order valence-electron chi connectivity index (χ0n) is 28.9. The highest BCUT2D eigenvalue weighted by Crippen LogP contribution is 2.41. The summed E-state index contributed by atoms with van der Waals surface area (Å²) in [5.74, 6) is -1.81. The van der Waals surface area contributed by atoms with Gasteiger partial charge in [0, 0.05) is 45.0 Å². The number of nitrogens with zero attached hydrogens (tertiary/aromatic N) is 8. The van der Waals surface area contributed by atoms with E-state index in [0.29, 0.717) is 36.7 Å². The highest BCUT2D eigenvalue weighted by Gasteiger charge is 2.36. The fraction of sp³-hybridized carbons (Fsp3) is 0.405. The summed E-state index contributed by atoms with van der Waals surface area (Å²) in [6.07, 6.45) is 4.78. The summed E-state index contributed by atoms with van der Waals surface area (Å²) in [5, 5.41) is 0.237. The Morgan fingerprint density at radius 2 is 1.80 bits per heavy atom. The van der Waals surface area contributed by atoms with Crippen molar-refractivity contribution in [3.05, 3.63) is 77.0 Å². The Kier molecular flexibility index (Phi) is 8.39. The lowest BCUT2D eigenvalue weighted by Crippen LogP contribution is -2.58. The van der Waals surface area contributed by atoms with Crippen molar-refractivity contribution in [2.24, 2.45) is 5.92 Å². The van der Waals surface area contributed by atoms with Crippen molar-refractivity contribution in [1.29, 1.82) is 0 Å². The van der Waals surface area contributed by atoms with E-state index in [2.05, 4.69) is 16.5 Å². The number of hydrogen-bond acceptors (Lipinski definition) is 8. The van der Waals surface area contributed by atoms with Crippen LogP contribution < -0.4 is 20.4 Å². The number of carbonyl (C=O) groups is 2. The minimum Gasteiger partial charge on any atom is -0.363 e. The fourth-order valence-electron chi connectivity index (χ4n) is 7.21. The first-order valence-corrected chi connectivity index (χ1v) is 17.0. The minimum atomic E-state index is -0.832. The number of anilines is 3. The molecule has 1 saturated heterocycles. The summed E-state index contributed by atoms with van der Waals surface area (Å²) in [6.45, 7) is 12.2. The van der Waals surface area contributed by atoms with Gasteiger partial charge in [-0.25, -0.2) is 23.1 Å². The molecule has 2 aliphatic heterocycles. The maximum Gasteiger partial charge on any atom is 0.355 e. The predicted molar refractivity (Wildman–Crippen MR) is 189 cm³/mol. The summed E-state index contributed by atoms with van der Waals surface area (Å²) in [4.78, 5) is 62.2. The lowest BCUT2D eigenvalue weighted by Gasteiger charge is -2.44. The smallest absolute Gasteiger partial charge is 0.355 e. The molecule has 2 atom stereocenters. The highest BCUT2D eigenvalue weighted by atomic mass is 19.1. The molecule has 0 unspecified atom stereocenters. The number of halogens is 2. The summed E-state index contributed by atoms with van der Waals surface area (Å²) in [7, 11) is 1.76. The molecule has 2 fully saturated rings. The van der Waals surface area contributed by atoms with Crippen LogP contribution in [0.15, 0.2) is 54.0 Å². The molecule has 7 rings (SSSR count). The van der Waals surface area contributed by atoms with Gasteiger partial charge in [0.05, 0.1) is 40.3 Å². The van der Waals surface area contributed by atoms with Crippen LogP contribution in [0.1, 0.15) is 52.1 Å².